The number of aromatic amines is 1. The first-order chi connectivity index (χ1) is 6.59. The van der Waals surface area contributed by atoms with Crippen LogP contribution in [0, 0.1) is 0 Å². The van der Waals surface area contributed by atoms with Crippen molar-refractivity contribution in [1.29, 1.82) is 0 Å². The first-order valence-corrected chi connectivity index (χ1v) is 4.52. The van der Waals surface area contributed by atoms with Crippen molar-refractivity contribution in [3.05, 3.63) is 33.2 Å². The van der Waals surface area contributed by atoms with Crippen molar-refractivity contribution in [1.82, 2.24) is 9.55 Å². The molecule has 14 heavy (non-hydrogen) atoms. The van der Waals surface area contributed by atoms with Crippen LogP contribution < -0.4 is 5.69 Å². The normalized spacial score (nSPS) is 10.6. The minimum absolute atomic E-state index is 0.353. The molecule has 0 unspecified atom stereocenters. The first kappa shape index (κ1) is 9.01. The monoisotopic (exact) mass is 256 g/mol. The summed E-state index contributed by atoms with van der Waals surface area (Å²) in [4.78, 5) is 24.4. The molecule has 0 amide bonds. The van der Waals surface area contributed by atoms with E-state index in [-0.39, 0.29) is 0 Å². The Morgan fingerprint density at radius 3 is 2.86 bits per heavy atom. The molecule has 72 valence electrons. The standard InChI is InChI=1S/C8H5BrN2O3/c9-4-1-2-6-5(3-4)10-7(12)11(6)8(13)14/h1-3H,(H,10,12)(H,13,14). The minimum atomic E-state index is -1.29. The Hall–Kier alpha value is -1.56. The fourth-order valence-corrected chi connectivity index (χ4v) is 1.63. The zero-order chi connectivity index (χ0) is 10.3. The fraction of sp³-hybridized carbons (Fsp3) is 0. The number of carbonyl (C=O) groups is 1. The van der Waals surface area contributed by atoms with Crippen LogP contribution in [0.5, 0.6) is 0 Å². The third-order valence-electron chi connectivity index (χ3n) is 1.84. The van der Waals surface area contributed by atoms with E-state index in [9.17, 15) is 9.59 Å². The Bertz CT molecular complexity index is 569. The number of benzene rings is 1. The molecule has 0 spiro atoms. The van der Waals surface area contributed by atoms with Gasteiger partial charge in [0, 0.05) is 4.47 Å². The number of fused-ring (bicyclic) bond motifs is 1. The van der Waals surface area contributed by atoms with Crippen LogP contribution in [0.2, 0.25) is 0 Å². The molecule has 0 aliphatic carbocycles. The second-order valence-electron chi connectivity index (χ2n) is 2.71. The maximum Gasteiger partial charge on any atom is 0.420 e. The lowest BCUT2D eigenvalue weighted by Crippen LogP contribution is -2.22. The lowest BCUT2D eigenvalue weighted by molar-refractivity contribution is 0.196. The van der Waals surface area contributed by atoms with Gasteiger partial charge >= 0.3 is 11.8 Å². The Morgan fingerprint density at radius 2 is 2.21 bits per heavy atom. The van der Waals surface area contributed by atoms with Gasteiger partial charge in [0.1, 0.15) is 0 Å². The summed E-state index contributed by atoms with van der Waals surface area (Å²) in [5, 5.41) is 8.75. The van der Waals surface area contributed by atoms with Crippen LogP contribution >= 0.6 is 15.9 Å². The van der Waals surface area contributed by atoms with E-state index in [4.69, 9.17) is 5.11 Å². The Labute approximate surface area is 86.1 Å². The van der Waals surface area contributed by atoms with Crippen LogP contribution in [-0.2, 0) is 0 Å². The Balaban J connectivity index is 2.91. The molecule has 1 aromatic carbocycles. The molecule has 0 aliphatic heterocycles. The number of H-pyrrole nitrogens is 1. The predicted octanol–water partition coefficient (Wildman–Crippen LogP) is 1.62. The van der Waals surface area contributed by atoms with Gasteiger partial charge < -0.3 is 10.1 Å². The van der Waals surface area contributed by atoms with Gasteiger partial charge in [0.2, 0.25) is 0 Å². The van der Waals surface area contributed by atoms with Crippen molar-refractivity contribution < 1.29 is 9.90 Å². The molecule has 1 heterocycles. The maximum atomic E-state index is 11.2. The number of imidazole rings is 1. The van der Waals surface area contributed by atoms with Crippen molar-refractivity contribution >= 4 is 33.1 Å². The molecule has 2 N–H and O–H groups in total. The smallest absolute Gasteiger partial charge is 0.420 e. The zero-order valence-corrected chi connectivity index (χ0v) is 8.41. The van der Waals surface area contributed by atoms with Crippen molar-refractivity contribution in [3.63, 3.8) is 0 Å². The van der Waals surface area contributed by atoms with Gasteiger partial charge in [0.05, 0.1) is 11.0 Å². The maximum absolute atomic E-state index is 11.2. The summed E-state index contributed by atoms with van der Waals surface area (Å²) in [6, 6.07) is 4.89. The highest BCUT2D eigenvalue weighted by Crippen LogP contribution is 2.16. The van der Waals surface area contributed by atoms with E-state index in [1.165, 1.54) is 0 Å². The Morgan fingerprint density at radius 1 is 1.50 bits per heavy atom. The molecule has 5 nitrogen and oxygen atoms in total. The van der Waals surface area contributed by atoms with E-state index >= 15 is 0 Å². The summed E-state index contributed by atoms with van der Waals surface area (Å²) in [6.45, 7) is 0. The summed E-state index contributed by atoms with van der Waals surface area (Å²) in [7, 11) is 0. The van der Waals surface area contributed by atoms with Gasteiger partial charge in [0.25, 0.3) is 0 Å². The Kier molecular flexibility index (Phi) is 1.92. The summed E-state index contributed by atoms with van der Waals surface area (Å²) in [5.41, 5.74) is 0.197. The topological polar surface area (TPSA) is 75.1 Å². The molecule has 0 saturated heterocycles. The molecule has 0 saturated carbocycles. The highest BCUT2D eigenvalue weighted by atomic mass is 79.9. The zero-order valence-electron chi connectivity index (χ0n) is 6.82. The lowest BCUT2D eigenvalue weighted by atomic mass is 10.3. The van der Waals surface area contributed by atoms with Crippen molar-refractivity contribution in [2.24, 2.45) is 0 Å². The fourth-order valence-electron chi connectivity index (χ4n) is 1.27. The van der Waals surface area contributed by atoms with Crippen LogP contribution in [0.1, 0.15) is 0 Å². The third-order valence-corrected chi connectivity index (χ3v) is 2.33. The number of aromatic nitrogens is 2. The number of nitrogens with one attached hydrogen (secondary N) is 1. The number of hydrogen-bond donors (Lipinski definition) is 2. The third kappa shape index (κ3) is 1.24. The second-order valence-corrected chi connectivity index (χ2v) is 3.63. The SMILES string of the molecule is O=C(O)n1c(=O)[nH]c2cc(Br)ccc21. The molecule has 0 fully saturated rings. The van der Waals surface area contributed by atoms with E-state index in [1.54, 1.807) is 18.2 Å². The van der Waals surface area contributed by atoms with Gasteiger partial charge in [-0.25, -0.2) is 9.59 Å². The first-order valence-electron chi connectivity index (χ1n) is 3.73. The van der Waals surface area contributed by atoms with Gasteiger partial charge in [-0.1, -0.05) is 15.9 Å². The molecule has 2 aromatic rings. The largest absolute Gasteiger partial charge is 0.464 e. The van der Waals surface area contributed by atoms with Crippen molar-refractivity contribution in [2.45, 2.75) is 0 Å². The molecular formula is C8H5BrN2O3. The van der Waals surface area contributed by atoms with Crippen LogP contribution in [-0.4, -0.2) is 20.8 Å². The number of carboxylic acid groups (broad SMARTS) is 1. The van der Waals surface area contributed by atoms with E-state index in [2.05, 4.69) is 20.9 Å². The molecule has 2 rings (SSSR count). The van der Waals surface area contributed by atoms with Crippen LogP contribution in [0.4, 0.5) is 4.79 Å². The van der Waals surface area contributed by atoms with Gasteiger partial charge in [-0.05, 0) is 18.2 Å². The summed E-state index contributed by atoms with van der Waals surface area (Å²) < 4.78 is 1.45. The second kappa shape index (κ2) is 2.98. The number of halogens is 1. The molecule has 0 radical (unpaired) electrons. The average Bonchev–Trinajstić information content (AvgIpc) is 2.39. The molecule has 0 aliphatic rings. The van der Waals surface area contributed by atoms with Crippen LogP contribution in [0.15, 0.2) is 27.5 Å². The van der Waals surface area contributed by atoms with E-state index in [0.29, 0.717) is 15.6 Å². The highest BCUT2D eigenvalue weighted by molar-refractivity contribution is 9.10. The number of hydrogen-bond acceptors (Lipinski definition) is 2. The molecule has 0 atom stereocenters. The van der Waals surface area contributed by atoms with Gasteiger partial charge in [-0.2, -0.15) is 4.57 Å². The van der Waals surface area contributed by atoms with Gasteiger partial charge in [-0.15, -0.1) is 0 Å². The van der Waals surface area contributed by atoms with Crippen molar-refractivity contribution in [3.8, 4) is 0 Å². The lowest BCUT2D eigenvalue weighted by Gasteiger charge is -1.94. The average molecular weight is 257 g/mol. The van der Waals surface area contributed by atoms with Crippen LogP contribution in [0.25, 0.3) is 11.0 Å². The van der Waals surface area contributed by atoms with Crippen LogP contribution in [0.3, 0.4) is 0 Å². The van der Waals surface area contributed by atoms with Crippen molar-refractivity contribution in [2.75, 3.05) is 0 Å². The summed E-state index contributed by atoms with van der Waals surface area (Å²) in [6.07, 6.45) is -1.29. The molecule has 0 bridgehead atoms. The van der Waals surface area contributed by atoms with E-state index in [1.807, 2.05) is 0 Å². The minimum Gasteiger partial charge on any atom is -0.464 e. The molecule has 6 heteroatoms. The quantitative estimate of drug-likeness (QED) is 0.752. The molecular weight excluding hydrogens is 252 g/mol. The summed E-state index contributed by atoms with van der Waals surface area (Å²) >= 11 is 3.22. The van der Waals surface area contributed by atoms with E-state index in [0.717, 1.165) is 4.47 Å². The number of nitrogens with zero attached hydrogens (tertiary/aromatic N) is 1. The van der Waals surface area contributed by atoms with Gasteiger partial charge in [-0.3, -0.25) is 0 Å². The van der Waals surface area contributed by atoms with Gasteiger partial charge in [0.15, 0.2) is 0 Å². The highest BCUT2D eigenvalue weighted by Gasteiger charge is 2.11. The number of rotatable bonds is 0. The molecule has 1 aromatic heterocycles. The predicted molar refractivity (Wildman–Crippen MR) is 53.7 cm³/mol. The summed E-state index contributed by atoms with van der Waals surface area (Å²) in [5.74, 6) is 0. The van der Waals surface area contributed by atoms with E-state index < -0.39 is 11.8 Å².